The van der Waals surface area contributed by atoms with Crippen molar-refractivity contribution < 1.29 is 8.42 Å². The van der Waals surface area contributed by atoms with E-state index in [2.05, 4.69) is 10.8 Å². The van der Waals surface area contributed by atoms with Gasteiger partial charge < -0.3 is 0 Å². The highest BCUT2D eigenvalue weighted by atomic mass is 32.2. The van der Waals surface area contributed by atoms with E-state index in [1.165, 1.54) is 0 Å². The summed E-state index contributed by atoms with van der Waals surface area (Å²) in [5.74, 6) is 0.0972. The highest BCUT2D eigenvalue weighted by Crippen LogP contribution is 2.28. The molecule has 0 amide bonds. The van der Waals surface area contributed by atoms with E-state index in [4.69, 9.17) is 0 Å². The highest BCUT2D eigenvalue weighted by molar-refractivity contribution is 7.89. The summed E-state index contributed by atoms with van der Waals surface area (Å²) < 4.78 is 26.7. The third-order valence-electron chi connectivity index (χ3n) is 3.39. The molecule has 0 atom stereocenters. The molecule has 18 heavy (non-hydrogen) atoms. The van der Waals surface area contributed by atoms with Gasteiger partial charge in [-0.25, -0.2) is 8.42 Å². The fourth-order valence-electron chi connectivity index (χ4n) is 2.18. The van der Waals surface area contributed by atoms with Gasteiger partial charge in [0.2, 0.25) is 10.0 Å². The Hall–Kier alpha value is -0.600. The molecule has 0 saturated heterocycles. The molecule has 1 aliphatic carbocycles. The first-order valence-electron chi connectivity index (χ1n) is 6.61. The average Bonchev–Trinajstić information content (AvgIpc) is 2.27. The predicted molar refractivity (Wildman–Crippen MR) is 72.4 cm³/mol. The molecule has 4 nitrogen and oxygen atoms in total. The van der Waals surface area contributed by atoms with Gasteiger partial charge in [0.05, 0.1) is 11.8 Å². The van der Waals surface area contributed by atoms with Crippen molar-refractivity contribution in [3.8, 4) is 6.07 Å². The number of rotatable bonds is 4. The Kier molecular flexibility index (Phi) is 4.79. The Balaban J connectivity index is 2.66. The molecule has 0 aliphatic heterocycles. The molecule has 1 fully saturated rings. The number of nitrogens with one attached hydrogen (secondary N) is 1. The lowest BCUT2D eigenvalue weighted by Gasteiger charge is -2.31. The van der Waals surface area contributed by atoms with Crippen LogP contribution in [0.2, 0.25) is 0 Å². The first kappa shape index (κ1) is 15.5. The normalized spacial score (nSPS) is 20.3. The molecular weight excluding hydrogens is 248 g/mol. The molecule has 0 aromatic rings. The molecule has 0 heterocycles. The summed E-state index contributed by atoms with van der Waals surface area (Å²) in [6, 6.07) is 2.18. The lowest BCUT2D eigenvalue weighted by atomic mass is 9.84. The molecule has 0 radical (unpaired) electrons. The molecular formula is C13H24N2O2S. The van der Waals surface area contributed by atoms with Gasteiger partial charge in [0, 0.05) is 0 Å². The van der Waals surface area contributed by atoms with Crippen molar-refractivity contribution in [2.75, 3.05) is 5.75 Å². The largest absolute Gasteiger partial charge is 0.212 e. The van der Waals surface area contributed by atoms with Crippen LogP contribution in [0.25, 0.3) is 0 Å². The monoisotopic (exact) mass is 272 g/mol. The second-order valence-corrected chi connectivity index (χ2v) is 8.33. The van der Waals surface area contributed by atoms with Crippen LogP contribution < -0.4 is 4.72 Å². The minimum absolute atomic E-state index is 0.0128. The maximum atomic E-state index is 12.0. The van der Waals surface area contributed by atoms with Gasteiger partial charge in [0.15, 0.2) is 0 Å². The molecule has 0 unspecified atom stereocenters. The van der Waals surface area contributed by atoms with Gasteiger partial charge in [0.25, 0.3) is 0 Å². The molecule has 5 heteroatoms. The molecule has 0 bridgehead atoms. The zero-order valence-electron chi connectivity index (χ0n) is 11.6. The summed E-state index contributed by atoms with van der Waals surface area (Å²) in [7, 11) is -3.36. The summed E-state index contributed by atoms with van der Waals surface area (Å²) in [5.41, 5.74) is -0.865. The topological polar surface area (TPSA) is 70.0 Å². The van der Waals surface area contributed by atoms with Crippen LogP contribution in [-0.2, 0) is 10.0 Å². The van der Waals surface area contributed by atoms with E-state index in [1.54, 1.807) is 0 Å². The van der Waals surface area contributed by atoms with E-state index >= 15 is 0 Å². The van der Waals surface area contributed by atoms with E-state index < -0.39 is 15.6 Å². The van der Waals surface area contributed by atoms with E-state index in [0.29, 0.717) is 19.3 Å². The molecule has 1 aliphatic rings. The van der Waals surface area contributed by atoms with Crippen LogP contribution in [0, 0.1) is 16.7 Å². The van der Waals surface area contributed by atoms with Gasteiger partial charge in [-0.15, -0.1) is 0 Å². The van der Waals surface area contributed by atoms with Gasteiger partial charge in [-0.05, 0) is 24.7 Å². The standard InChI is InChI=1S/C13H24N2O2S/c1-12(2,3)9-10-18(16,17)15-13(11-14)7-5-4-6-8-13/h15H,4-10H2,1-3H3. The second-order valence-electron chi connectivity index (χ2n) is 6.49. The Labute approximate surface area is 111 Å². The van der Waals surface area contributed by atoms with E-state index in [1.807, 2.05) is 20.8 Å². The van der Waals surface area contributed by atoms with Crippen molar-refractivity contribution >= 4 is 10.0 Å². The molecule has 104 valence electrons. The van der Waals surface area contributed by atoms with Crippen LogP contribution in [0.3, 0.4) is 0 Å². The number of sulfonamides is 1. The van der Waals surface area contributed by atoms with Crippen LogP contribution in [0.1, 0.15) is 59.3 Å². The van der Waals surface area contributed by atoms with Crippen LogP contribution in [0.4, 0.5) is 0 Å². The lowest BCUT2D eigenvalue weighted by molar-refractivity contribution is 0.335. The fourth-order valence-corrected chi connectivity index (χ4v) is 4.01. The lowest BCUT2D eigenvalue weighted by Crippen LogP contribution is -2.49. The Morgan fingerprint density at radius 3 is 2.22 bits per heavy atom. The smallest absolute Gasteiger partial charge is 0.212 e. The molecule has 1 N–H and O–H groups in total. The Morgan fingerprint density at radius 2 is 1.78 bits per heavy atom. The summed E-state index contributed by atoms with van der Waals surface area (Å²) in [5, 5.41) is 9.26. The zero-order chi connectivity index (χ0) is 13.9. The number of hydrogen-bond donors (Lipinski definition) is 1. The highest BCUT2D eigenvalue weighted by Gasteiger charge is 2.36. The van der Waals surface area contributed by atoms with Gasteiger partial charge in [-0.1, -0.05) is 40.0 Å². The molecule has 0 aromatic carbocycles. The number of nitriles is 1. The zero-order valence-corrected chi connectivity index (χ0v) is 12.4. The van der Waals surface area contributed by atoms with Crippen molar-refractivity contribution in [2.45, 2.75) is 64.8 Å². The fraction of sp³-hybridized carbons (Fsp3) is 0.923. The maximum absolute atomic E-state index is 12.0. The molecule has 1 rings (SSSR count). The van der Waals surface area contributed by atoms with E-state index in [-0.39, 0.29) is 11.2 Å². The third-order valence-corrected chi connectivity index (χ3v) is 4.84. The first-order chi connectivity index (χ1) is 8.18. The first-order valence-corrected chi connectivity index (χ1v) is 8.26. The van der Waals surface area contributed by atoms with E-state index in [9.17, 15) is 13.7 Å². The third kappa shape index (κ3) is 4.95. The summed E-state index contributed by atoms with van der Waals surface area (Å²) in [6.45, 7) is 6.05. The summed E-state index contributed by atoms with van der Waals surface area (Å²) >= 11 is 0. The second kappa shape index (κ2) is 5.58. The van der Waals surface area contributed by atoms with Gasteiger partial charge >= 0.3 is 0 Å². The quantitative estimate of drug-likeness (QED) is 0.855. The molecule has 1 saturated carbocycles. The van der Waals surface area contributed by atoms with Crippen molar-refractivity contribution in [3.05, 3.63) is 0 Å². The summed E-state index contributed by atoms with van der Waals surface area (Å²) in [6.07, 6.45) is 4.82. The van der Waals surface area contributed by atoms with E-state index in [0.717, 1.165) is 19.3 Å². The van der Waals surface area contributed by atoms with Crippen LogP contribution >= 0.6 is 0 Å². The number of nitrogens with zero attached hydrogens (tertiary/aromatic N) is 1. The minimum atomic E-state index is -3.36. The Bertz CT molecular complexity index is 409. The van der Waals surface area contributed by atoms with Crippen molar-refractivity contribution in [1.29, 1.82) is 5.26 Å². The van der Waals surface area contributed by atoms with Crippen molar-refractivity contribution in [1.82, 2.24) is 4.72 Å². The molecule has 0 spiro atoms. The predicted octanol–water partition coefficient (Wildman–Crippen LogP) is 2.57. The van der Waals surface area contributed by atoms with Gasteiger partial charge in [-0.3, -0.25) is 0 Å². The van der Waals surface area contributed by atoms with Crippen LogP contribution in [0.5, 0.6) is 0 Å². The maximum Gasteiger partial charge on any atom is 0.212 e. The Morgan fingerprint density at radius 1 is 1.22 bits per heavy atom. The van der Waals surface area contributed by atoms with Crippen LogP contribution in [0.15, 0.2) is 0 Å². The van der Waals surface area contributed by atoms with Crippen molar-refractivity contribution in [2.24, 2.45) is 5.41 Å². The summed E-state index contributed by atoms with van der Waals surface area (Å²) in [4.78, 5) is 0. The van der Waals surface area contributed by atoms with Gasteiger partial charge in [0.1, 0.15) is 5.54 Å². The van der Waals surface area contributed by atoms with Gasteiger partial charge in [-0.2, -0.15) is 9.98 Å². The molecule has 0 aromatic heterocycles. The van der Waals surface area contributed by atoms with Crippen molar-refractivity contribution in [3.63, 3.8) is 0 Å². The average molecular weight is 272 g/mol. The van der Waals surface area contributed by atoms with Crippen LogP contribution in [-0.4, -0.2) is 19.7 Å². The SMILES string of the molecule is CC(C)(C)CCS(=O)(=O)NC1(C#N)CCCCC1. The number of hydrogen-bond acceptors (Lipinski definition) is 3. The minimum Gasteiger partial charge on any atom is -0.212 e.